The normalized spacial score (nSPS) is 17.2. The number of benzene rings is 2. The highest BCUT2D eigenvalue weighted by Gasteiger charge is 2.31. The number of fused-ring (bicyclic) bond motifs is 1. The molecule has 0 saturated heterocycles. The van der Waals surface area contributed by atoms with Crippen LogP contribution in [0.2, 0.25) is 0 Å². The average molecular weight is 312 g/mol. The maximum Gasteiger partial charge on any atom is 0.351 e. The number of para-hydroxylation sites is 2. The summed E-state index contributed by atoms with van der Waals surface area (Å²) in [5.74, 6) is 0.208. The van der Waals surface area contributed by atoms with Crippen LogP contribution in [0.1, 0.15) is 17.3 Å². The van der Waals surface area contributed by atoms with E-state index in [2.05, 4.69) is 0 Å². The van der Waals surface area contributed by atoms with Gasteiger partial charge in [0.2, 0.25) is 11.9 Å². The Kier molecular flexibility index (Phi) is 4.28. The summed E-state index contributed by atoms with van der Waals surface area (Å²) in [6.45, 7) is 1.60. The molecule has 2 aromatic carbocycles. The Labute approximate surface area is 133 Å². The Morgan fingerprint density at radius 3 is 2.43 bits per heavy atom. The molecule has 0 amide bonds. The number of esters is 1. The quantitative estimate of drug-likeness (QED) is 0.641. The fourth-order valence-electron chi connectivity index (χ4n) is 2.28. The minimum Gasteiger partial charge on any atom is -0.485 e. The number of hydrogen-bond donors (Lipinski definition) is 0. The van der Waals surface area contributed by atoms with E-state index in [1.807, 2.05) is 12.1 Å². The van der Waals surface area contributed by atoms with Crippen molar-refractivity contribution in [2.75, 3.05) is 6.61 Å². The molecule has 5 nitrogen and oxygen atoms in total. The van der Waals surface area contributed by atoms with E-state index < -0.39 is 18.2 Å². The highest BCUT2D eigenvalue weighted by Crippen LogP contribution is 2.31. The summed E-state index contributed by atoms with van der Waals surface area (Å²) >= 11 is 0. The topological polar surface area (TPSA) is 61.8 Å². The van der Waals surface area contributed by atoms with Gasteiger partial charge in [0.15, 0.2) is 17.6 Å². The maximum absolute atomic E-state index is 12.2. The molecule has 23 heavy (non-hydrogen) atoms. The lowest BCUT2D eigenvalue weighted by atomic mass is 10.1. The standard InChI is InChI=1S/C18H16O5/c1-12(17(19)13-7-3-2-4-8-13)22-18(20)16-11-21-14-9-5-6-10-15(14)23-16/h2-10,12,16H,11H2,1H3/t12-,16-/m1/s1. The second kappa shape index (κ2) is 6.52. The summed E-state index contributed by atoms with van der Waals surface area (Å²) in [6.07, 6.45) is -1.76. The van der Waals surface area contributed by atoms with Gasteiger partial charge in [0.1, 0.15) is 6.61 Å². The first-order valence-corrected chi connectivity index (χ1v) is 7.33. The van der Waals surface area contributed by atoms with E-state index in [9.17, 15) is 9.59 Å². The lowest BCUT2D eigenvalue weighted by molar-refractivity contribution is -0.157. The molecule has 118 valence electrons. The van der Waals surface area contributed by atoms with Crippen molar-refractivity contribution in [1.29, 1.82) is 0 Å². The molecular weight excluding hydrogens is 296 g/mol. The molecule has 3 rings (SSSR count). The molecule has 0 spiro atoms. The number of ether oxygens (including phenoxy) is 3. The highest BCUT2D eigenvalue weighted by molar-refractivity contribution is 6.00. The van der Waals surface area contributed by atoms with Crippen LogP contribution < -0.4 is 9.47 Å². The van der Waals surface area contributed by atoms with Crippen LogP contribution in [0.5, 0.6) is 11.5 Å². The lowest BCUT2D eigenvalue weighted by Gasteiger charge is -2.25. The molecular formula is C18H16O5. The van der Waals surface area contributed by atoms with Crippen LogP contribution in [0.25, 0.3) is 0 Å². The van der Waals surface area contributed by atoms with Gasteiger partial charge < -0.3 is 14.2 Å². The lowest BCUT2D eigenvalue weighted by Crippen LogP contribution is -2.40. The molecule has 0 radical (unpaired) electrons. The van der Waals surface area contributed by atoms with Gasteiger partial charge in [0.25, 0.3) is 0 Å². The van der Waals surface area contributed by atoms with Crippen molar-refractivity contribution >= 4 is 11.8 Å². The number of Topliss-reactive ketones (excluding diaryl/α,β-unsaturated/α-hetero) is 1. The number of carbonyl (C=O) groups is 2. The first kappa shape index (κ1) is 15.1. The summed E-state index contributed by atoms with van der Waals surface area (Å²) in [6, 6.07) is 15.8. The number of carbonyl (C=O) groups excluding carboxylic acids is 2. The Bertz CT molecular complexity index is 710. The van der Waals surface area contributed by atoms with Crippen molar-refractivity contribution in [1.82, 2.24) is 0 Å². The average Bonchev–Trinajstić information content (AvgIpc) is 2.61. The van der Waals surface area contributed by atoms with Crippen LogP contribution in [0, 0.1) is 0 Å². The molecule has 0 saturated carbocycles. The van der Waals surface area contributed by atoms with Crippen LogP contribution in [-0.2, 0) is 9.53 Å². The summed E-state index contributed by atoms with van der Waals surface area (Å²) in [5, 5.41) is 0. The van der Waals surface area contributed by atoms with Crippen LogP contribution in [0.4, 0.5) is 0 Å². The second-order valence-electron chi connectivity index (χ2n) is 5.17. The van der Waals surface area contributed by atoms with Gasteiger partial charge in [-0.15, -0.1) is 0 Å². The fourth-order valence-corrected chi connectivity index (χ4v) is 2.28. The summed E-state index contributed by atoms with van der Waals surface area (Å²) in [4.78, 5) is 24.4. The molecule has 2 atom stereocenters. The van der Waals surface area contributed by atoms with Crippen molar-refractivity contribution in [3.05, 3.63) is 60.2 Å². The van der Waals surface area contributed by atoms with Gasteiger partial charge in [0, 0.05) is 5.56 Å². The summed E-state index contributed by atoms with van der Waals surface area (Å²) < 4.78 is 16.3. The van der Waals surface area contributed by atoms with Gasteiger partial charge in [0.05, 0.1) is 0 Å². The van der Waals surface area contributed by atoms with E-state index in [1.165, 1.54) is 0 Å². The minimum atomic E-state index is -0.884. The number of rotatable bonds is 4. The summed E-state index contributed by atoms with van der Waals surface area (Å²) in [5.41, 5.74) is 0.499. The van der Waals surface area contributed by atoms with Gasteiger partial charge in [-0.1, -0.05) is 42.5 Å². The monoisotopic (exact) mass is 312 g/mol. The Morgan fingerprint density at radius 2 is 1.70 bits per heavy atom. The molecule has 0 fully saturated rings. The van der Waals surface area contributed by atoms with Crippen molar-refractivity contribution < 1.29 is 23.8 Å². The molecule has 1 aliphatic rings. The van der Waals surface area contributed by atoms with Gasteiger partial charge in [-0.2, -0.15) is 0 Å². The predicted octanol–water partition coefficient (Wildman–Crippen LogP) is 2.64. The van der Waals surface area contributed by atoms with E-state index >= 15 is 0 Å². The first-order valence-electron chi connectivity index (χ1n) is 7.33. The summed E-state index contributed by atoms with van der Waals surface area (Å²) in [7, 11) is 0. The zero-order valence-electron chi connectivity index (χ0n) is 12.6. The van der Waals surface area contributed by atoms with E-state index in [-0.39, 0.29) is 12.4 Å². The van der Waals surface area contributed by atoms with Crippen molar-refractivity contribution in [3.63, 3.8) is 0 Å². The fraction of sp³-hybridized carbons (Fsp3) is 0.222. The maximum atomic E-state index is 12.2. The van der Waals surface area contributed by atoms with Crippen molar-refractivity contribution in [2.24, 2.45) is 0 Å². The van der Waals surface area contributed by atoms with Crippen LogP contribution in [0.3, 0.4) is 0 Å². The Morgan fingerprint density at radius 1 is 1.04 bits per heavy atom. The van der Waals surface area contributed by atoms with Gasteiger partial charge >= 0.3 is 5.97 Å². The molecule has 0 bridgehead atoms. The molecule has 0 N–H and O–H groups in total. The molecule has 5 heteroatoms. The first-order chi connectivity index (χ1) is 11.1. The van der Waals surface area contributed by atoms with Crippen molar-refractivity contribution in [2.45, 2.75) is 19.1 Å². The third-order valence-corrected chi connectivity index (χ3v) is 3.49. The van der Waals surface area contributed by atoms with Crippen LogP contribution in [0.15, 0.2) is 54.6 Å². The predicted molar refractivity (Wildman–Crippen MR) is 82.7 cm³/mol. The Hall–Kier alpha value is -2.82. The second-order valence-corrected chi connectivity index (χ2v) is 5.17. The Balaban J connectivity index is 1.62. The highest BCUT2D eigenvalue weighted by atomic mass is 16.6. The van der Waals surface area contributed by atoms with E-state index in [4.69, 9.17) is 14.2 Å². The molecule has 1 aliphatic heterocycles. The molecule has 0 aliphatic carbocycles. The third-order valence-electron chi connectivity index (χ3n) is 3.49. The van der Waals surface area contributed by atoms with Gasteiger partial charge in [-0.25, -0.2) is 4.79 Å². The smallest absolute Gasteiger partial charge is 0.351 e. The zero-order valence-corrected chi connectivity index (χ0v) is 12.6. The number of ketones is 1. The molecule has 2 aromatic rings. The molecule has 1 heterocycles. The number of hydrogen-bond acceptors (Lipinski definition) is 5. The molecule has 0 aromatic heterocycles. The van der Waals surface area contributed by atoms with E-state index in [0.717, 1.165) is 0 Å². The van der Waals surface area contributed by atoms with Crippen LogP contribution in [-0.4, -0.2) is 30.6 Å². The van der Waals surface area contributed by atoms with E-state index in [0.29, 0.717) is 17.1 Å². The van der Waals surface area contributed by atoms with E-state index in [1.54, 1.807) is 49.4 Å². The zero-order chi connectivity index (χ0) is 16.2. The minimum absolute atomic E-state index is 0.0576. The van der Waals surface area contributed by atoms with Gasteiger partial charge in [-0.05, 0) is 19.1 Å². The van der Waals surface area contributed by atoms with Crippen LogP contribution >= 0.6 is 0 Å². The largest absolute Gasteiger partial charge is 0.485 e. The third kappa shape index (κ3) is 3.34. The molecule has 0 unspecified atom stereocenters. The SMILES string of the molecule is C[C@@H](OC(=O)[C@H]1COc2ccccc2O1)C(=O)c1ccccc1. The van der Waals surface area contributed by atoms with Gasteiger partial charge in [-0.3, -0.25) is 4.79 Å². The van der Waals surface area contributed by atoms with Crippen molar-refractivity contribution in [3.8, 4) is 11.5 Å².